The zero-order valence-electron chi connectivity index (χ0n) is 19.4. The summed E-state index contributed by atoms with van der Waals surface area (Å²) in [7, 11) is -4.09. The van der Waals surface area contributed by atoms with Gasteiger partial charge in [-0.15, -0.1) is 0 Å². The van der Waals surface area contributed by atoms with E-state index in [4.69, 9.17) is 16.3 Å². The Labute approximate surface area is 209 Å². The van der Waals surface area contributed by atoms with E-state index >= 15 is 0 Å². The van der Waals surface area contributed by atoms with Gasteiger partial charge in [0.25, 0.3) is 0 Å². The summed E-state index contributed by atoms with van der Waals surface area (Å²) in [5.41, 5.74) is -0.766. The second-order valence-electron chi connectivity index (χ2n) is 9.38. The number of nitrogens with zero attached hydrogens (tertiary/aromatic N) is 2. The first-order chi connectivity index (χ1) is 16.7. The molecular formula is C25H29ClF2N2O4S. The smallest absolute Gasteiger partial charge is 0.243 e. The van der Waals surface area contributed by atoms with Gasteiger partial charge in [-0.05, 0) is 74.6 Å². The Kier molecular flexibility index (Phi) is 7.98. The van der Waals surface area contributed by atoms with Crippen LogP contribution in [0.5, 0.6) is 5.75 Å². The van der Waals surface area contributed by atoms with Crippen LogP contribution in [0.15, 0.2) is 47.4 Å². The standard InChI is InChI=1S/C25H29ClF2N2O4S/c26-19-5-7-20(8-6-19)34-18-25(16-24(31)29-12-2-1-3-13-29)11-4-14-30(17-25)35(32,33)21-9-10-22(27)23(28)15-21/h5-10,15H,1-4,11-14,16-18H2. The molecule has 2 aromatic rings. The highest BCUT2D eigenvalue weighted by Crippen LogP contribution is 2.38. The van der Waals surface area contributed by atoms with Crippen LogP contribution >= 0.6 is 11.6 Å². The number of hydrogen-bond donors (Lipinski definition) is 0. The Morgan fingerprint density at radius 2 is 1.69 bits per heavy atom. The van der Waals surface area contributed by atoms with E-state index in [9.17, 15) is 22.0 Å². The third-order valence-corrected chi connectivity index (χ3v) is 8.84. The van der Waals surface area contributed by atoms with Gasteiger partial charge in [-0.25, -0.2) is 17.2 Å². The van der Waals surface area contributed by atoms with Crippen molar-refractivity contribution in [1.82, 2.24) is 9.21 Å². The van der Waals surface area contributed by atoms with Gasteiger partial charge in [0, 0.05) is 43.0 Å². The Bertz CT molecular complexity index is 1160. The first kappa shape index (κ1) is 25.9. The molecule has 0 N–H and O–H groups in total. The molecule has 2 aromatic carbocycles. The molecule has 190 valence electrons. The van der Waals surface area contributed by atoms with Gasteiger partial charge in [-0.3, -0.25) is 4.79 Å². The lowest BCUT2D eigenvalue weighted by molar-refractivity contribution is -0.136. The number of amides is 1. The fourth-order valence-electron chi connectivity index (χ4n) is 4.81. The first-order valence-corrected chi connectivity index (χ1v) is 13.6. The van der Waals surface area contributed by atoms with E-state index in [2.05, 4.69) is 0 Å². The van der Waals surface area contributed by atoms with Crippen molar-refractivity contribution in [3.8, 4) is 5.75 Å². The van der Waals surface area contributed by atoms with Crippen LogP contribution in [-0.2, 0) is 14.8 Å². The van der Waals surface area contributed by atoms with Crippen molar-refractivity contribution in [3.05, 3.63) is 59.1 Å². The Morgan fingerprint density at radius 3 is 2.37 bits per heavy atom. The summed E-state index contributed by atoms with van der Waals surface area (Å²) in [5.74, 6) is -1.78. The van der Waals surface area contributed by atoms with Crippen LogP contribution in [0, 0.1) is 17.0 Å². The lowest BCUT2D eigenvalue weighted by atomic mass is 9.78. The van der Waals surface area contributed by atoms with Gasteiger partial charge in [-0.1, -0.05) is 11.6 Å². The third kappa shape index (κ3) is 6.13. The van der Waals surface area contributed by atoms with Gasteiger partial charge in [-0.2, -0.15) is 4.31 Å². The largest absolute Gasteiger partial charge is 0.493 e. The number of rotatable bonds is 7. The van der Waals surface area contributed by atoms with Crippen LogP contribution in [0.1, 0.15) is 38.5 Å². The van der Waals surface area contributed by atoms with Crippen molar-refractivity contribution < 1.29 is 26.7 Å². The SMILES string of the molecule is O=C(CC1(COc2ccc(Cl)cc2)CCCN(S(=O)(=O)c2ccc(F)c(F)c2)C1)N1CCCCC1. The van der Waals surface area contributed by atoms with Crippen molar-refractivity contribution in [2.24, 2.45) is 5.41 Å². The molecule has 1 amide bonds. The van der Waals surface area contributed by atoms with Gasteiger partial charge in [0.05, 0.1) is 11.5 Å². The average Bonchev–Trinajstić information content (AvgIpc) is 2.86. The quantitative estimate of drug-likeness (QED) is 0.516. The van der Waals surface area contributed by atoms with Gasteiger partial charge in [0.15, 0.2) is 11.6 Å². The van der Waals surface area contributed by atoms with Crippen molar-refractivity contribution in [2.45, 2.75) is 43.4 Å². The number of piperidine rings is 2. The van der Waals surface area contributed by atoms with Gasteiger partial charge < -0.3 is 9.64 Å². The Balaban J connectivity index is 1.58. The number of likely N-dealkylation sites (tertiary alicyclic amines) is 1. The van der Waals surface area contributed by atoms with Crippen LogP contribution in [0.25, 0.3) is 0 Å². The highest BCUT2D eigenvalue weighted by molar-refractivity contribution is 7.89. The van der Waals surface area contributed by atoms with Crippen molar-refractivity contribution in [2.75, 3.05) is 32.8 Å². The predicted octanol–water partition coefficient (Wildman–Crippen LogP) is 4.87. The molecule has 2 fully saturated rings. The molecule has 0 aliphatic carbocycles. The predicted molar refractivity (Wildman–Crippen MR) is 129 cm³/mol. The Hall–Kier alpha value is -2.23. The van der Waals surface area contributed by atoms with Crippen LogP contribution in [0.2, 0.25) is 5.02 Å². The van der Waals surface area contributed by atoms with E-state index in [-0.39, 0.29) is 36.9 Å². The number of hydrogen-bond acceptors (Lipinski definition) is 4. The molecule has 0 spiro atoms. The van der Waals surface area contributed by atoms with Crippen LogP contribution in [0.3, 0.4) is 0 Å². The zero-order valence-corrected chi connectivity index (χ0v) is 21.0. The first-order valence-electron chi connectivity index (χ1n) is 11.8. The van der Waals surface area contributed by atoms with Crippen LogP contribution < -0.4 is 4.74 Å². The second kappa shape index (κ2) is 10.8. The van der Waals surface area contributed by atoms with Crippen LogP contribution in [-0.4, -0.2) is 56.3 Å². The topological polar surface area (TPSA) is 66.9 Å². The molecule has 0 radical (unpaired) electrons. The fourth-order valence-corrected chi connectivity index (χ4v) is 6.54. The van der Waals surface area contributed by atoms with E-state index in [0.29, 0.717) is 42.8 Å². The molecule has 6 nitrogen and oxygen atoms in total. The van der Waals surface area contributed by atoms with E-state index in [0.717, 1.165) is 31.4 Å². The monoisotopic (exact) mass is 526 g/mol. The third-order valence-electron chi connectivity index (χ3n) is 6.75. The number of carbonyl (C=O) groups excluding carboxylic acids is 1. The summed E-state index contributed by atoms with van der Waals surface area (Å²) < 4.78 is 61.2. The van der Waals surface area contributed by atoms with Crippen LogP contribution in [0.4, 0.5) is 8.78 Å². The van der Waals surface area contributed by atoms with Crippen molar-refractivity contribution in [1.29, 1.82) is 0 Å². The summed E-state index contributed by atoms with van der Waals surface area (Å²) in [4.78, 5) is 14.8. The molecule has 2 aliphatic rings. The molecule has 2 saturated heterocycles. The second-order valence-corrected chi connectivity index (χ2v) is 11.8. The maximum Gasteiger partial charge on any atom is 0.243 e. The number of sulfonamides is 1. The normalized spacial score (nSPS) is 21.6. The molecule has 10 heteroatoms. The summed E-state index contributed by atoms with van der Waals surface area (Å²) in [6.07, 6.45) is 4.26. The Morgan fingerprint density at radius 1 is 0.971 bits per heavy atom. The number of ether oxygens (including phenoxy) is 1. The molecule has 0 bridgehead atoms. The van der Waals surface area contributed by atoms with E-state index in [1.54, 1.807) is 24.3 Å². The molecule has 2 aliphatic heterocycles. The fraction of sp³-hybridized carbons (Fsp3) is 0.480. The molecule has 1 unspecified atom stereocenters. The summed E-state index contributed by atoms with van der Waals surface area (Å²) >= 11 is 5.96. The molecule has 0 aromatic heterocycles. The van der Waals surface area contributed by atoms with Gasteiger partial charge in [0.2, 0.25) is 15.9 Å². The average molecular weight is 527 g/mol. The lowest BCUT2D eigenvalue weighted by Gasteiger charge is -2.42. The minimum atomic E-state index is -4.09. The molecule has 2 heterocycles. The molecule has 1 atom stereocenters. The maximum absolute atomic E-state index is 13.8. The molecule has 0 saturated carbocycles. The van der Waals surface area contributed by atoms with E-state index < -0.39 is 27.1 Å². The molecule has 35 heavy (non-hydrogen) atoms. The summed E-state index contributed by atoms with van der Waals surface area (Å²) in [6, 6.07) is 9.41. The van der Waals surface area contributed by atoms with E-state index in [1.165, 1.54) is 4.31 Å². The van der Waals surface area contributed by atoms with Gasteiger partial charge in [0.1, 0.15) is 5.75 Å². The molecular weight excluding hydrogens is 498 g/mol. The molecule has 4 rings (SSSR count). The minimum absolute atomic E-state index is 0.0171. The number of halogens is 3. The lowest BCUT2D eigenvalue weighted by Crippen LogP contribution is -2.51. The van der Waals surface area contributed by atoms with Gasteiger partial charge >= 0.3 is 0 Å². The number of carbonyl (C=O) groups is 1. The summed E-state index contributed by atoms with van der Waals surface area (Å²) in [5, 5.41) is 0.564. The summed E-state index contributed by atoms with van der Waals surface area (Å²) in [6.45, 7) is 1.80. The highest BCUT2D eigenvalue weighted by atomic mass is 35.5. The van der Waals surface area contributed by atoms with Crippen molar-refractivity contribution >= 4 is 27.5 Å². The highest BCUT2D eigenvalue weighted by Gasteiger charge is 2.43. The van der Waals surface area contributed by atoms with E-state index in [1.807, 2.05) is 4.90 Å². The number of benzene rings is 2. The minimum Gasteiger partial charge on any atom is -0.493 e. The van der Waals surface area contributed by atoms with Crippen molar-refractivity contribution in [3.63, 3.8) is 0 Å². The maximum atomic E-state index is 13.8. The zero-order chi connectivity index (χ0) is 25.1.